The maximum atomic E-state index is 5.69. The van der Waals surface area contributed by atoms with Crippen molar-refractivity contribution < 1.29 is 4.74 Å². The van der Waals surface area contributed by atoms with Crippen molar-refractivity contribution in [2.45, 2.75) is 13.1 Å². The van der Waals surface area contributed by atoms with Crippen LogP contribution < -0.4 is 10.5 Å². The molecule has 2 N–H and O–H groups in total. The quantitative estimate of drug-likeness (QED) is 0.885. The van der Waals surface area contributed by atoms with Crippen LogP contribution in [0.5, 0.6) is 5.75 Å². The first-order chi connectivity index (χ1) is 8.33. The van der Waals surface area contributed by atoms with Crippen molar-refractivity contribution in [3.8, 4) is 5.75 Å². The maximum Gasteiger partial charge on any atom is 0.123 e. The topological polar surface area (TPSA) is 38.5 Å². The number of nitrogens with zero attached hydrogens (tertiary/aromatic N) is 1. The van der Waals surface area contributed by atoms with Crippen LogP contribution in [-0.4, -0.2) is 36.6 Å². The van der Waals surface area contributed by atoms with E-state index in [1.165, 1.54) is 35.7 Å². The molecule has 0 atom stereocenters. The van der Waals surface area contributed by atoms with Crippen LogP contribution in [0.1, 0.15) is 11.1 Å². The molecule has 3 nitrogen and oxygen atoms in total. The Labute approximate surface area is 107 Å². The average molecular weight is 252 g/mol. The number of thioether (sulfide) groups is 1. The van der Waals surface area contributed by atoms with Gasteiger partial charge in [0.05, 0.1) is 7.11 Å². The van der Waals surface area contributed by atoms with Crippen molar-refractivity contribution in [2.24, 2.45) is 5.73 Å². The first-order valence-corrected chi connectivity index (χ1v) is 7.15. The van der Waals surface area contributed by atoms with Crippen molar-refractivity contribution in [1.82, 2.24) is 4.90 Å². The standard InChI is InChI=1S/C13H20N2OS/c1-16-13-3-2-11(9-14)8-12(13)10-15-4-6-17-7-5-15/h2-3,8H,4-7,9-10,14H2,1H3. The van der Waals surface area contributed by atoms with Gasteiger partial charge in [-0.1, -0.05) is 6.07 Å². The summed E-state index contributed by atoms with van der Waals surface area (Å²) < 4.78 is 5.41. The summed E-state index contributed by atoms with van der Waals surface area (Å²) in [6.07, 6.45) is 0. The van der Waals surface area contributed by atoms with Crippen LogP contribution in [0.25, 0.3) is 0 Å². The van der Waals surface area contributed by atoms with Gasteiger partial charge in [-0.25, -0.2) is 0 Å². The molecule has 0 bridgehead atoms. The first kappa shape index (κ1) is 12.7. The number of hydrogen-bond donors (Lipinski definition) is 1. The van der Waals surface area contributed by atoms with Crippen LogP contribution in [0.15, 0.2) is 18.2 Å². The Bertz CT molecular complexity index is 364. The van der Waals surface area contributed by atoms with Gasteiger partial charge >= 0.3 is 0 Å². The van der Waals surface area contributed by atoms with E-state index in [0.29, 0.717) is 6.54 Å². The third-order valence-electron chi connectivity index (χ3n) is 3.08. The molecule has 0 saturated carbocycles. The van der Waals surface area contributed by atoms with Crippen LogP contribution in [0.2, 0.25) is 0 Å². The number of ether oxygens (including phenoxy) is 1. The van der Waals surface area contributed by atoms with E-state index in [0.717, 1.165) is 12.3 Å². The fraction of sp³-hybridized carbons (Fsp3) is 0.538. The minimum Gasteiger partial charge on any atom is -0.496 e. The summed E-state index contributed by atoms with van der Waals surface area (Å²) in [7, 11) is 1.73. The molecule has 1 aliphatic heterocycles. The number of rotatable bonds is 4. The van der Waals surface area contributed by atoms with E-state index < -0.39 is 0 Å². The highest BCUT2D eigenvalue weighted by Gasteiger charge is 2.13. The second kappa shape index (κ2) is 6.28. The molecule has 0 amide bonds. The molecule has 1 aromatic carbocycles. The Morgan fingerprint density at radius 2 is 2.12 bits per heavy atom. The van der Waals surface area contributed by atoms with Gasteiger partial charge in [-0.3, -0.25) is 4.90 Å². The lowest BCUT2D eigenvalue weighted by Crippen LogP contribution is -2.32. The predicted molar refractivity (Wildman–Crippen MR) is 73.5 cm³/mol. The van der Waals surface area contributed by atoms with Gasteiger partial charge in [0.15, 0.2) is 0 Å². The number of methoxy groups -OCH3 is 1. The Morgan fingerprint density at radius 1 is 1.35 bits per heavy atom. The summed E-state index contributed by atoms with van der Waals surface area (Å²) in [4.78, 5) is 2.48. The molecule has 0 aromatic heterocycles. The minimum absolute atomic E-state index is 0.590. The third-order valence-corrected chi connectivity index (χ3v) is 4.02. The fourth-order valence-corrected chi connectivity index (χ4v) is 3.06. The van der Waals surface area contributed by atoms with Crippen molar-refractivity contribution in [1.29, 1.82) is 0 Å². The van der Waals surface area contributed by atoms with E-state index >= 15 is 0 Å². The summed E-state index contributed by atoms with van der Waals surface area (Å²) in [5, 5.41) is 0. The molecular weight excluding hydrogens is 232 g/mol. The molecule has 1 heterocycles. The highest BCUT2D eigenvalue weighted by atomic mass is 32.2. The smallest absolute Gasteiger partial charge is 0.123 e. The van der Waals surface area contributed by atoms with Crippen LogP contribution in [-0.2, 0) is 13.1 Å². The van der Waals surface area contributed by atoms with E-state index in [4.69, 9.17) is 10.5 Å². The predicted octanol–water partition coefficient (Wildman–Crippen LogP) is 1.70. The van der Waals surface area contributed by atoms with Crippen molar-refractivity contribution in [2.75, 3.05) is 31.7 Å². The molecule has 0 aliphatic carbocycles. The highest BCUT2D eigenvalue weighted by Crippen LogP contribution is 2.22. The van der Waals surface area contributed by atoms with Crippen molar-refractivity contribution >= 4 is 11.8 Å². The Morgan fingerprint density at radius 3 is 2.76 bits per heavy atom. The van der Waals surface area contributed by atoms with Crippen molar-refractivity contribution in [3.63, 3.8) is 0 Å². The Balaban J connectivity index is 2.11. The third kappa shape index (κ3) is 3.37. The molecule has 0 unspecified atom stereocenters. The SMILES string of the molecule is COc1ccc(CN)cc1CN1CCSCC1. The van der Waals surface area contributed by atoms with Crippen LogP contribution in [0.4, 0.5) is 0 Å². The molecule has 17 heavy (non-hydrogen) atoms. The zero-order chi connectivity index (χ0) is 12.1. The molecule has 1 aromatic rings. The Hall–Kier alpha value is -0.710. The summed E-state index contributed by atoms with van der Waals surface area (Å²) >= 11 is 2.03. The second-order valence-corrected chi connectivity index (χ2v) is 5.46. The normalized spacial score (nSPS) is 17.1. The molecule has 94 valence electrons. The molecule has 0 spiro atoms. The largest absolute Gasteiger partial charge is 0.496 e. The van der Waals surface area contributed by atoms with Gasteiger partial charge in [0, 0.05) is 43.2 Å². The molecule has 2 rings (SSSR count). The zero-order valence-corrected chi connectivity index (χ0v) is 11.1. The van der Waals surface area contributed by atoms with Crippen LogP contribution >= 0.6 is 11.8 Å². The second-order valence-electron chi connectivity index (χ2n) is 4.24. The first-order valence-electron chi connectivity index (χ1n) is 5.99. The van der Waals surface area contributed by atoms with Gasteiger partial charge < -0.3 is 10.5 Å². The van der Waals surface area contributed by atoms with Crippen molar-refractivity contribution in [3.05, 3.63) is 29.3 Å². The lowest BCUT2D eigenvalue weighted by atomic mass is 10.1. The lowest BCUT2D eigenvalue weighted by Gasteiger charge is -2.27. The van der Waals surface area contributed by atoms with Gasteiger partial charge in [0.1, 0.15) is 5.75 Å². The number of nitrogens with two attached hydrogens (primary N) is 1. The monoisotopic (exact) mass is 252 g/mol. The summed E-state index contributed by atoms with van der Waals surface area (Å²) in [6.45, 7) is 3.89. The van der Waals surface area contributed by atoms with Gasteiger partial charge in [0.25, 0.3) is 0 Å². The molecule has 1 fully saturated rings. The molecular formula is C13H20N2OS. The minimum atomic E-state index is 0.590. The lowest BCUT2D eigenvalue weighted by molar-refractivity contribution is 0.288. The summed E-state index contributed by atoms with van der Waals surface area (Å²) in [6, 6.07) is 6.23. The molecule has 1 saturated heterocycles. The van der Waals surface area contributed by atoms with Gasteiger partial charge in [-0.05, 0) is 17.7 Å². The number of hydrogen-bond acceptors (Lipinski definition) is 4. The molecule has 4 heteroatoms. The van der Waals surface area contributed by atoms with E-state index in [-0.39, 0.29) is 0 Å². The summed E-state index contributed by atoms with van der Waals surface area (Å²) in [5.74, 6) is 3.44. The van der Waals surface area contributed by atoms with E-state index in [9.17, 15) is 0 Å². The average Bonchev–Trinajstić information content (AvgIpc) is 2.40. The van der Waals surface area contributed by atoms with E-state index in [2.05, 4.69) is 11.0 Å². The van der Waals surface area contributed by atoms with Crippen LogP contribution in [0, 0.1) is 0 Å². The van der Waals surface area contributed by atoms with E-state index in [1.807, 2.05) is 23.9 Å². The van der Waals surface area contributed by atoms with Gasteiger partial charge in [-0.2, -0.15) is 11.8 Å². The molecule has 0 radical (unpaired) electrons. The number of benzene rings is 1. The van der Waals surface area contributed by atoms with E-state index in [1.54, 1.807) is 7.11 Å². The summed E-state index contributed by atoms with van der Waals surface area (Å²) in [5.41, 5.74) is 8.11. The molecule has 1 aliphatic rings. The van der Waals surface area contributed by atoms with Gasteiger partial charge in [-0.15, -0.1) is 0 Å². The fourth-order valence-electron chi connectivity index (χ4n) is 2.08. The zero-order valence-electron chi connectivity index (χ0n) is 10.3. The van der Waals surface area contributed by atoms with Gasteiger partial charge in [0.2, 0.25) is 0 Å². The maximum absolute atomic E-state index is 5.69. The highest BCUT2D eigenvalue weighted by molar-refractivity contribution is 7.99. The van der Waals surface area contributed by atoms with Crippen LogP contribution in [0.3, 0.4) is 0 Å². The Kier molecular flexibility index (Phi) is 4.71.